The van der Waals surface area contributed by atoms with Gasteiger partial charge in [-0.25, -0.2) is 4.98 Å². The molecule has 0 saturated carbocycles. The van der Waals surface area contributed by atoms with Gasteiger partial charge in [-0.05, 0) is 42.5 Å². The van der Waals surface area contributed by atoms with Crippen molar-refractivity contribution in [2.75, 3.05) is 0 Å². The van der Waals surface area contributed by atoms with Gasteiger partial charge in [0.05, 0.1) is 5.69 Å². The van der Waals surface area contributed by atoms with E-state index < -0.39 is 0 Å². The first-order chi connectivity index (χ1) is 9.09. The number of aryl methyl sites for hydroxylation is 2. The molecule has 2 heterocycles. The van der Waals surface area contributed by atoms with Crippen LogP contribution in [0.5, 0.6) is 0 Å². The molecule has 6 heteroatoms. The second-order valence-corrected chi connectivity index (χ2v) is 5.76. The molecule has 1 aromatic carbocycles. The van der Waals surface area contributed by atoms with Crippen LogP contribution in [0.1, 0.15) is 11.4 Å². The van der Waals surface area contributed by atoms with Crippen molar-refractivity contribution in [3.8, 4) is 11.4 Å². The zero-order valence-corrected chi connectivity index (χ0v) is 13.3. The van der Waals surface area contributed by atoms with Gasteiger partial charge in [0.2, 0.25) is 0 Å². The van der Waals surface area contributed by atoms with Crippen LogP contribution in [0.2, 0.25) is 5.15 Å². The Morgan fingerprint density at radius 2 is 1.89 bits per heavy atom. The lowest BCUT2D eigenvalue weighted by atomic mass is 10.2. The maximum absolute atomic E-state index is 6.14. The molecule has 0 aliphatic heterocycles. The molecule has 0 saturated heterocycles. The Hall–Kier alpha value is -1.21. The van der Waals surface area contributed by atoms with Crippen LogP contribution < -0.4 is 0 Å². The number of hydrogen-bond acceptors (Lipinski definition) is 3. The molecule has 0 fully saturated rings. The standard InChI is InChI=1S/C13H10ClIN4/c1-7-8(2)19-12(9-5-3-4-6-10(9)15)17-18-13(19)11(14)16-7/h3-6H,1-2H3. The second-order valence-electron chi connectivity index (χ2n) is 4.24. The Labute approximate surface area is 129 Å². The minimum atomic E-state index is 0.382. The highest BCUT2D eigenvalue weighted by molar-refractivity contribution is 14.1. The van der Waals surface area contributed by atoms with E-state index in [1.165, 1.54) is 0 Å². The molecule has 0 aliphatic carbocycles. The molecule has 96 valence electrons. The summed E-state index contributed by atoms with van der Waals surface area (Å²) in [5, 5.41) is 8.81. The van der Waals surface area contributed by atoms with E-state index in [2.05, 4.69) is 37.8 Å². The van der Waals surface area contributed by atoms with Gasteiger partial charge in [-0.1, -0.05) is 29.8 Å². The highest BCUT2D eigenvalue weighted by Gasteiger charge is 2.16. The van der Waals surface area contributed by atoms with Gasteiger partial charge in [0.1, 0.15) is 0 Å². The van der Waals surface area contributed by atoms with Crippen molar-refractivity contribution in [3.05, 3.63) is 44.4 Å². The Balaban J connectivity index is 2.41. The van der Waals surface area contributed by atoms with E-state index in [9.17, 15) is 0 Å². The number of hydrogen-bond donors (Lipinski definition) is 0. The van der Waals surface area contributed by atoms with E-state index in [0.29, 0.717) is 10.8 Å². The molecule has 0 amide bonds. The summed E-state index contributed by atoms with van der Waals surface area (Å²) in [6, 6.07) is 8.06. The third-order valence-corrected chi connectivity index (χ3v) is 4.28. The maximum Gasteiger partial charge on any atom is 0.199 e. The van der Waals surface area contributed by atoms with Gasteiger partial charge in [-0.15, -0.1) is 10.2 Å². The highest BCUT2D eigenvalue weighted by Crippen LogP contribution is 2.27. The van der Waals surface area contributed by atoms with Crippen molar-refractivity contribution < 1.29 is 0 Å². The van der Waals surface area contributed by atoms with E-state index in [-0.39, 0.29) is 0 Å². The number of nitrogens with zero attached hydrogens (tertiary/aromatic N) is 4. The summed E-state index contributed by atoms with van der Waals surface area (Å²) < 4.78 is 3.08. The van der Waals surface area contributed by atoms with Gasteiger partial charge in [-0.3, -0.25) is 4.40 Å². The highest BCUT2D eigenvalue weighted by atomic mass is 127. The van der Waals surface area contributed by atoms with Crippen LogP contribution >= 0.6 is 34.2 Å². The molecule has 19 heavy (non-hydrogen) atoms. The average molecular weight is 385 g/mol. The molecule has 3 aromatic rings. The Kier molecular flexibility index (Phi) is 3.18. The van der Waals surface area contributed by atoms with Crippen LogP contribution in [-0.2, 0) is 0 Å². The number of benzene rings is 1. The SMILES string of the molecule is Cc1nc(Cl)c2nnc(-c3ccccc3I)n2c1C. The van der Waals surface area contributed by atoms with E-state index in [1.807, 2.05) is 42.5 Å². The maximum atomic E-state index is 6.14. The molecule has 0 atom stereocenters. The summed E-state index contributed by atoms with van der Waals surface area (Å²) in [5.74, 6) is 0.796. The molecular weight excluding hydrogens is 375 g/mol. The van der Waals surface area contributed by atoms with Gasteiger partial charge in [0, 0.05) is 14.8 Å². The molecule has 0 N–H and O–H groups in total. The van der Waals surface area contributed by atoms with E-state index in [1.54, 1.807) is 0 Å². The summed E-state index contributed by atoms with van der Waals surface area (Å²) in [6.45, 7) is 3.93. The van der Waals surface area contributed by atoms with Crippen LogP contribution in [0.15, 0.2) is 24.3 Å². The zero-order chi connectivity index (χ0) is 13.6. The topological polar surface area (TPSA) is 43.1 Å². The monoisotopic (exact) mass is 384 g/mol. The fraction of sp³-hybridized carbons (Fsp3) is 0.154. The summed E-state index contributed by atoms with van der Waals surface area (Å²) in [4.78, 5) is 4.27. The largest absolute Gasteiger partial charge is 0.275 e. The van der Waals surface area contributed by atoms with Crippen LogP contribution in [0.25, 0.3) is 17.0 Å². The van der Waals surface area contributed by atoms with E-state index in [0.717, 1.165) is 26.3 Å². The Morgan fingerprint density at radius 3 is 2.63 bits per heavy atom. The minimum absolute atomic E-state index is 0.382. The molecule has 3 rings (SSSR count). The number of halogens is 2. The first-order valence-electron chi connectivity index (χ1n) is 5.72. The van der Waals surface area contributed by atoms with Gasteiger partial charge in [0.25, 0.3) is 0 Å². The van der Waals surface area contributed by atoms with Crippen molar-refractivity contribution in [3.63, 3.8) is 0 Å². The predicted octanol–water partition coefficient (Wildman–Crippen LogP) is 3.67. The average Bonchev–Trinajstić information content (AvgIpc) is 2.82. The summed E-state index contributed by atoms with van der Waals surface area (Å²) >= 11 is 8.43. The van der Waals surface area contributed by atoms with Crippen molar-refractivity contribution in [1.82, 2.24) is 19.6 Å². The Morgan fingerprint density at radius 1 is 1.16 bits per heavy atom. The summed E-state index contributed by atoms with van der Waals surface area (Å²) in [6.07, 6.45) is 0. The van der Waals surface area contributed by atoms with Crippen LogP contribution in [-0.4, -0.2) is 19.6 Å². The molecule has 4 nitrogen and oxygen atoms in total. The lowest BCUT2D eigenvalue weighted by Gasteiger charge is -2.08. The molecule has 2 aromatic heterocycles. The number of aromatic nitrogens is 4. The molecule has 0 unspecified atom stereocenters. The first-order valence-corrected chi connectivity index (χ1v) is 7.18. The smallest absolute Gasteiger partial charge is 0.199 e. The number of rotatable bonds is 1. The minimum Gasteiger partial charge on any atom is -0.275 e. The summed E-state index contributed by atoms with van der Waals surface area (Å²) in [5.41, 5.74) is 3.52. The molecular formula is C13H10ClIN4. The lowest BCUT2D eigenvalue weighted by molar-refractivity contribution is 0.999. The first kappa shape index (κ1) is 12.8. The second kappa shape index (κ2) is 4.72. The van der Waals surface area contributed by atoms with Gasteiger partial charge in [0.15, 0.2) is 16.6 Å². The van der Waals surface area contributed by atoms with Gasteiger partial charge >= 0.3 is 0 Å². The molecule has 0 radical (unpaired) electrons. The third-order valence-electron chi connectivity index (χ3n) is 3.09. The van der Waals surface area contributed by atoms with Crippen molar-refractivity contribution in [2.24, 2.45) is 0 Å². The molecule has 0 spiro atoms. The predicted molar refractivity (Wildman–Crippen MR) is 83.4 cm³/mol. The summed E-state index contributed by atoms with van der Waals surface area (Å²) in [7, 11) is 0. The normalized spacial score (nSPS) is 11.2. The van der Waals surface area contributed by atoms with Crippen LogP contribution in [0.3, 0.4) is 0 Å². The Bertz CT molecular complexity index is 782. The van der Waals surface area contributed by atoms with Gasteiger partial charge in [-0.2, -0.15) is 0 Å². The zero-order valence-electron chi connectivity index (χ0n) is 10.4. The van der Waals surface area contributed by atoms with Crippen LogP contribution in [0, 0.1) is 17.4 Å². The van der Waals surface area contributed by atoms with E-state index >= 15 is 0 Å². The van der Waals surface area contributed by atoms with Gasteiger partial charge < -0.3 is 0 Å². The van der Waals surface area contributed by atoms with Crippen molar-refractivity contribution in [2.45, 2.75) is 13.8 Å². The fourth-order valence-electron chi connectivity index (χ4n) is 1.99. The third kappa shape index (κ3) is 2.01. The van der Waals surface area contributed by atoms with Crippen molar-refractivity contribution >= 4 is 39.8 Å². The lowest BCUT2D eigenvalue weighted by Crippen LogP contribution is -2.01. The van der Waals surface area contributed by atoms with E-state index in [4.69, 9.17) is 11.6 Å². The number of fused-ring (bicyclic) bond motifs is 1. The van der Waals surface area contributed by atoms with Crippen molar-refractivity contribution in [1.29, 1.82) is 0 Å². The molecule has 0 aliphatic rings. The van der Waals surface area contributed by atoms with Crippen LogP contribution in [0.4, 0.5) is 0 Å². The fourth-order valence-corrected chi connectivity index (χ4v) is 2.87. The molecule has 0 bridgehead atoms. The quantitative estimate of drug-likeness (QED) is 0.601.